The molecule has 2 N–H and O–H groups in total. The van der Waals surface area contributed by atoms with E-state index in [0.717, 1.165) is 24.2 Å². The van der Waals surface area contributed by atoms with Crippen LogP contribution in [-0.2, 0) is 16.2 Å². The van der Waals surface area contributed by atoms with E-state index in [1.807, 2.05) is 39.0 Å². The average Bonchev–Trinajstić information content (AvgIpc) is 3.23. The van der Waals surface area contributed by atoms with E-state index < -0.39 is 17.7 Å². The van der Waals surface area contributed by atoms with Gasteiger partial charge >= 0.3 is 0 Å². The molecule has 0 bridgehead atoms. The highest BCUT2D eigenvalue weighted by atomic mass is 16.5. The van der Waals surface area contributed by atoms with Crippen molar-refractivity contribution in [2.24, 2.45) is 0 Å². The van der Waals surface area contributed by atoms with Crippen molar-refractivity contribution in [2.75, 3.05) is 32.8 Å². The molecule has 1 fully saturated rings. The maximum Gasteiger partial charge on any atom is 0.295 e. The highest BCUT2D eigenvalue weighted by Gasteiger charge is 2.46. The van der Waals surface area contributed by atoms with Crippen LogP contribution in [-0.4, -0.2) is 64.5 Å². The first-order valence-corrected chi connectivity index (χ1v) is 14.0. The number of rotatable bonds is 12. The average molecular weight is 559 g/mol. The van der Waals surface area contributed by atoms with Crippen LogP contribution in [0.25, 0.3) is 5.76 Å². The molecule has 41 heavy (non-hydrogen) atoms. The number of aromatic hydroxyl groups is 1. The molecule has 4 rings (SSSR count). The minimum Gasteiger partial charge on any atom is -0.507 e. The monoisotopic (exact) mass is 558 g/mol. The second-order valence-electron chi connectivity index (χ2n) is 9.98. The molecule has 0 unspecified atom stereocenters. The van der Waals surface area contributed by atoms with Crippen LogP contribution < -0.4 is 9.47 Å². The lowest BCUT2D eigenvalue weighted by Crippen LogP contribution is -2.38. The summed E-state index contributed by atoms with van der Waals surface area (Å²) in [6.07, 6.45) is 0. The van der Waals surface area contributed by atoms with Crippen molar-refractivity contribution in [3.05, 3.63) is 94.6 Å². The molecule has 1 atom stereocenters. The summed E-state index contributed by atoms with van der Waals surface area (Å²) in [4.78, 5) is 30.4. The molecule has 0 aromatic heterocycles. The number of aliphatic hydroxyl groups excluding tert-OH is 1. The summed E-state index contributed by atoms with van der Waals surface area (Å²) in [5, 5.41) is 21.7. The predicted octanol–water partition coefficient (Wildman–Crippen LogP) is 5.44. The Labute approximate surface area is 241 Å². The number of nitrogens with zero attached hydrogens (tertiary/aromatic N) is 2. The topological polar surface area (TPSA) is 99.5 Å². The Morgan fingerprint density at radius 2 is 1.68 bits per heavy atom. The number of likely N-dealkylation sites (N-methyl/N-ethyl adjacent to an activating group) is 1. The molecule has 0 saturated carbocycles. The second kappa shape index (κ2) is 13.4. The van der Waals surface area contributed by atoms with E-state index in [1.54, 1.807) is 43.3 Å². The molecule has 3 aromatic rings. The standard InChI is InChI=1S/C33H38N2O6/c1-5-34(6-2)17-18-35-30(25-13-16-27(36)28(20-25)40-7-3)29(32(38)33(35)39)31(37)24-11-14-26(15-12-24)41-21-23-10-8-9-22(4)19-23/h8-16,19-20,30,36-37H,5-7,17-18,21H2,1-4H3/b31-29+/t30-/m1/s1. The Hall–Kier alpha value is -4.30. The molecule has 1 amide bonds. The fraction of sp³-hybridized carbons (Fsp3) is 0.333. The summed E-state index contributed by atoms with van der Waals surface area (Å²) in [5.41, 5.74) is 3.14. The van der Waals surface area contributed by atoms with Gasteiger partial charge in [0.05, 0.1) is 18.2 Å². The van der Waals surface area contributed by atoms with Gasteiger partial charge in [-0.25, -0.2) is 0 Å². The number of aryl methyl sites for hydroxylation is 1. The van der Waals surface area contributed by atoms with Crippen molar-refractivity contribution < 1.29 is 29.3 Å². The van der Waals surface area contributed by atoms with Crippen LogP contribution in [0.4, 0.5) is 0 Å². The molecule has 216 valence electrons. The van der Waals surface area contributed by atoms with E-state index in [9.17, 15) is 19.8 Å². The summed E-state index contributed by atoms with van der Waals surface area (Å²) >= 11 is 0. The maximum atomic E-state index is 13.4. The minimum atomic E-state index is -0.845. The van der Waals surface area contributed by atoms with Crippen LogP contribution in [0.5, 0.6) is 17.2 Å². The number of likely N-dealkylation sites (tertiary alicyclic amines) is 1. The lowest BCUT2D eigenvalue weighted by atomic mass is 9.95. The van der Waals surface area contributed by atoms with Crippen molar-refractivity contribution in [1.82, 2.24) is 9.80 Å². The third-order valence-corrected chi connectivity index (χ3v) is 7.31. The van der Waals surface area contributed by atoms with Gasteiger partial charge in [-0.05, 0) is 74.5 Å². The number of ether oxygens (including phenoxy) is 2. The molecule has 1 heterocycles. The molecule has 1 aliphatic rings. The Morgan fingerprint density at radius 3 is 2.34 bits per heavy atom. The van der Waals surface area contributed by atoms with Crippen LogP contribution >= 0.6 is 0 Å². The van der Waals surface area contributed by atoms with Crippen molar-refractivity contribution in [2.45, 2.75) is 40.3 Å². The number of amides is 1. The maximum absolute atomic E-state index is 13.4. The Kier molecular flexibility index (Phi) is 9.68. The zero-order valence-corrected chi connectivity index (χ0v) is 24.1. The third-order valence-electron chi connectivity index (χ3n) is 7.31. The number of benzene rings is 3. The number of aliphatic hydroxyl groups is 1. The number of phenols is 1. The normalized spacial score (nSPS) is 16.4. The van der Waals surface area contributed by atoms with E-state index >= 15 is 0 Å². The summed E-state index contributed by atoms with van der Waals surface area (Å²) < 4.78 is 11.5. The first kappa shape index (κ1) is 29.7. The quantitative estimate of drug-likeness (QED) is 0.173. The van der Waals surface area contributed by atoms with Crippen LogP contribution in [0.1, 0.15) is 49.1 Å². The van der Waals surface area contributed by atoms with Gasteiger partial charge in [-0.15, -0.1) is 0 Å². The van der Waals surface area contributed by atoms with Gasteiger partial charge in [0.15, 0.2) is 11.5 Å². The van der Waals surface area contributed by atoms with Gasteiger partial charge in [0.25, 0.3) is 11.7 Å². The van der Waals surface area contributed by atoms with Crippen molar-refractivity contribution >= 4 is 17.4 Å². The first-order valence-electron chi connectivity index (χ1n) is 14.0. The number of Topliss-reactive ketones (excluding diaryl/α,β-unsaturated/α-hetero) is 1. The summed E-state index contributed by atoms with van der Waals surface area (Å²) in [7, 11) is 0. The Balaban J connectivity index is 1.68. The zero-order chi connectivity index (χ0) is 29.5. The van der Waals surface area contributed by atoms with Crippen molar-refractivity contribution in [3.8, 4) is 17.2 Å². The van der Waals surface area contributed by atoms with Gasteiger partial charge in [0.2, 0.25) is 0 Å². The van der Waals surface area contributed by atoms with E-state index in [1.165, 1.54) is 11.0 Å². The number of ketones is 1. The Morgan fingerprint density at radius 1 is 0.951 bits per heavy atom. The first-order chi connectivity index (χ1) is 19.8. The summed E-state index contributed by atoms with van der Waals surface area (Å²) in [5.74, 6) is -0.883. The molecule has 0 aliphatic carbocycles. The van der Waals surface area contributed by atoms with Crippen LogP contribution in [0.2, 0.25) is 0 Å². The van der Waals surface area contributed by atoms with Gasteiger partial charge in [-0.2, -0.15) is 0 Å². The minimum absolute atomic E-state index is 0.00360. The summed E-state index contributed by atoms with van der Waals surface area (Å²) in [6, 6.07) is 18.7. The molecule has 0 radical (unpaired) electrons. The predicted molar refractivity (Wildman–Crippen MR) is 158 cm³/mol. The fourth-order valence-corrected chi connectivity index (χ4v) is 5.05. The van der Waals surface area contributed by atoms with Gasteiger partial charge in [0, 0.05) is 18.7 Å². The summed E-state index contributed by atoms with van der Waals surface area (Å²) in [6.45, 7) is 11.1. The van der Waals surface area contributed by atoms with Gasteiger partial charge in [-0.1, -0.05) is 49.7 Å². The van der Waals surface area contributed by atoms with Gasteiger partial charge in [-0.3, -0.25) is 9.59 Å². The van der Waals surface area contributed by atoms with Crippen LogP contribution in [0, 0.1) is 6.92 Å². The van der Waals surface area contributed by atoms with E-state index in [2.05, 4.69) is 11.0 Å². The van der Waals surface area contributed by atoms with E-state index in [4.69, 9.17) is 9.47 Å². The molecule has 8 nitrogen and oxygen atoms in total. The fourth-order valence-electron chi connectivity index (χ4n) is 5.05. The van der Waals surface area contributed by atoms with Crippen LogP contribution in [0.15, 0.2) is 72.3 Å². The Bertz CT molecular complexity index is 1410. The zero-order valence-electron chi connectivity index (χ0n) is 24.1. The van der Waals surface area contributed by atoms with Gasteiger partial charge < -0.3 is 29.5 Å². The van der Waals surface area contributed by atoms with Crippen LogP contribution in [0.3, 0.4) is 0 Å². The van der Waals surface area contributed by atoms with Crippen molar-refractivity contribution in [1.29, 1.82) is 0 Å². The van der Waals surface area contributed by atoms with E-state index in [-0.39, 0.29) is 22.8 Å². The third kappa shape index (κ3) is 6.72. The lowest BCUT2D eigenvalue weighted by Gasteiger charge is -2.28. The molecule has 3 aromatic carbocycles. The smallest absolute Gasteiger partial charge is 0.295 e. The number of hydrogen-bond donors (Lipinski definition) is 2. The molecular weight excluding hydrogens is 520 g/mol. The lowest BCUT2D eigenvalue weighted by molar-refractivity contribution is -0.140. The molecule has 1 aliphatic heterocycles. The van der Waals surface area contributed by atoms with E-state index in [0.29, 0.717) is 43.2 Å². The molecule has 0 spiro atoms. The number of phenolic OH excluding ortho intramolecular Hbond substituents is 1. The number of carbonyl (C=O) groups excluding carboxylic acids is 2. The SMILES string of the molecule is CCOc1cc([C@@H]2/C(=C(\O)c3ccc(OCc4cccc(C)c4)cc3)C(=O)C(=O)N2CCN(CC)CC)ccc1O. The van der Waals surface area contributed by atoms with Crippen molar-refractivity contribution in [3.63, 3.8) is 0 Å². The van der Waals surface area contributed by atoms with Gasteiger partial charge in [0.1, 0.15) is 18.1 Å². The molecule has 8 heteroatoms. The highest BCUT2D eigenvalue weighted by Crippen LogP contribution is 2.42. The largest absolute Gasteiger partial charge is 0.507 e. The molecule has 1 saturated heterocycles. The molecular formula is C33H38N2O6. The number of hydrogen-bond acceptors (Lipinski definition) is 7. The second-order valence-corrected chi connectivity index (χ2v) is 9.98. The highest BCUT2D eigenvalue weighted by molar-refractivity contribution is 6.46. The number of carbonyl (C=O) groups is 2.